The Hall–Kier alpha value is -2.82. The summed E-state index contributed by atoms with van der Waals surface area (Å²) in [4.78, 5) is 23.5. The van der Waals surface area contributed by atoms with E-state index in [4.69, 9.17) is 4.74 Å². The fourth-order valence-electron chi connectivity index (χ4n) is 2.23. The standard InChI is InChI=1S/C20H24N2O3/c1-3-15(2)20(24)22-21-19(23)14-25-18-12-8-7-11-17(18)13-16-9-5-4-6-10-16/h4-12,15H,3,13-14H2,1-2H3,(H,21,23)(H,22,24). The van der Waals surface area contributed by atoms with Gasteiger partial charge in [-0.15, -0.1) is 0 Å². The van der Waals surface area contributed by atoms with Crippen molar-refractivity contribution in [2.75, 3.05) is 6.61 Å². The molecule has 0 heterocycles. The fraction of sp³-hybridized carbons (Fsp3) is 0.300. The summed E-state index contributed by atoms with van der Waals surface area (Å²) in [5, 5.41) is 0. The van der Waals surface area contributed by atoms with Crippen molar-refractivity contribution in [3.63, 3.8) is 0 Å². The van der Waals surface area contributed by atoms with Gasteiger partial charge in [-0.05, 0) is 23.6 Å². The number of carbonyl (C=O) groups excluding carboxylic acids is 2. The van der Waals surface area contributed by atoms with E-state index in [0.717, 1.165) is 12.0 Å². The smallest absolute Gasteiger partial charge is 0.276 e. The molecule has 0 fully saturated rings. The zero-order valence-corrected chi connectivity index (χ0v) is 14.6. The highest BCUT2D eigenvalue weighted by molar-refractivity contribution is 5.83. The summed E-state index contributed by atoms with van der Waals surface area (Å²) in [7, 11) is 0. The van der Waals surface area contributed by atoms with Gasteiger partial charge in [0.15, 0.2) is 6.61 Å². The molecule has 0 radical (unpaired) electrons. The van der Waals surface area contributed by atoms with Crippen molar-refractivity contribution >= 4 is 11.8 Å². The van der Waals surface area contributed by atoms with Gasteiger partial charge in [-0.2, -0.15) is 0 Å². The first-order valence-electron chi connectivity index (χ1n) is 8.43. The predicted molar refractivity (Wildman–Crippen MR) is 96.9 cm³/mol. The van der Waals surface area contributed by atoms with Crippen LogP contribution in [0.2, 0.25) is 0 Å². The van der Waals surface area contributed by atoms with E-state index in [2.05, 4.69) is 10.9 Å². The normalized spacial score (nSPS) is 11.4. The molecular weight excluding hydrogens is 316 g/mol. The first-order chi connectivity index (χ1) is 12.1. The second kappa shape index (κ2) is 9.47. The minimum Gasteiger partial charge on any atom is -0.483 e. The van der Waals surface area contributed by atoms with Crippen LogP contribution in [0.4, 0.5) is 0 Å². The summed E-state index contributed by atoms with van der Waals surface area (Å²) in [6.07, 6.45) is 1.44. The number of ether oxygens (including phenoxy) is 1. The molecule has 2 aromatic carbocycles. The van der Waals surface area contributed by atoms with E-state index in [0.29, 0.717) is 12.2 Å². The van der Waals surface area contributed by atoms with Gasteiger partial charge >= 0.3 is 0 Å². The highest BCUT2D eigenvalue weighted by Crippen LogP contribution is 2.21. The summed E-state index contributed by atoms with van der Waals surface area (Å²) in [6.45, 7) is 3.56. The minimum absolute atomic E-state index is 0.146. The van der Waals surface area contributed by atoms with Gasteiger partial charge in [0.1, 0.15) is 5.75 Å². The predicted octanol–water partition coefficient (Wildman–Crippen LogP) is 2.85. The van der Waals surface area contributed by atoms with Crippen molar-refractivity contribution in [3.05, 3.63) is 65.7 Å². The third-order valence-electron chi connectivity index (χ3n) is 3.95. The third kappa shape index (κ3) is 5.95. The Morgan fingerprint density at radius 1 is 1.00 bits per heavy atom. The van der Waals surface area contributed by atoms with Gasteiger partial charge in [0.05, 0.1) is 0 Å². The number of nitrogens with one attached hydrogen (secondary N) is 2. The zero-order valence-electron chi connectivity index (χ0n) is 14.6. The van der Waals surface area contributed by atoms with E-state index >= 15 is 0 Å². The van der Waals surface area contributed by atoms with Crippen LogP contribution >= 0.6 is 0 Å². The Kier molecular flexibility index (Phi) is 7.01. The van der Waals surface area contributed by atoms with Gasteiger partial charge in [-0.25, -0.2) is 0 Å². The number of benzene rings is 2. The van der Waals surface area contributed by atoms with Crippen LogP contribution in [-0.2, 0) is 16.0 Å². The highest BCUT2D eigenvalue weighted by Gasteiger charge is 2.12. The van der Waals surface area contributed by atoms with Gasteiger partial charge in [0, 0.05) is 12.3 Å². The lowest BCUT2D eigenvalue weighted by Gasteiger charge is -2.13. The molecule has 0 saturated heterocycles. The number of carbonyl (C=O) groups is 2. The van der Waals surface area contributed by atoms with E-state index in [1.165, 1.54) is 5.56 Å². The Morgan fingerprint density at radius 3 is 2.40 bits per heavy atom. The number of rotatable bonds is 7. The molecule has 2 rings (SSSR count). The van der Waals surface area contributed by atoms with Gasteiger partial charge in [-0.3, -0.25) is 20.4 Å². The van der Waals surface area contributed by atoms with Crippen molar-refractivity contribution in [2.24, 2.45) is 5.92 Å². The van der Waals surface area contributed by atoms with Crippen molar-refractivity contribution in [1.29, 1.82) is 0 Å². The molecule has 0 aromatic heterocycles. The Labute approximate surface area is 148 Å². The molecule has 5 heteroatoms. The molecule has 0 aliphatic carbocycles. The van der Waals surface area contributed by atoms with Gasteiger partial charge in [0.25, 0.3) is 5.91 Å². The molecule has 0 bridgehead atoms. The average Bonchev–Trinajstić information content (AvgIpc) is 2.65. The molecule has 2 N–H and O–H groups in total. The number of hydrogen-bond donors (Lipinski definition) is 2. The van der Waals surface area contributed by atoms with Gasteiger partial charge in [-0.1, -0.05) is 62.4 Å². The summed E-state index contributed by atoms with van der Waals surface area (Å²) < 4.78 is 5.63. The van der Waals surface area contributed by atoms with E-state index in [1.54, 1.807) is 6.92 Å². The average molecular weight is 340 g/mol. The SMILES string of the molecule is CCC(C)C(=O)NNC(=O)COc1ccccc1Cc1ccccc1. The molecule has 0 aliphatic heterocycles. The molecule has 1 atom stereocenters. The molecular formula is C20H24N2O3. The lowest BCUT2D eigenvalue weighted by atomic mass is 10.0. The summed E-state index contributed by atoms with van der Waals surface area (Å²) in [5.74, 6) is -0.0888. The Balaban J connectivity index is 1.88. The monoisotopic (exact) mass is 340 g/mol. The Morgan fingerprint density at radius 2 is 1.68 bits per heavy atom. The van der Waals surface area contributed by atoms with Crippen molar-refractivity contribution in [2.45, 2.75) is 26.7 Å². The molecule has 132 valence electrons. The molecule has 25 heavy (non-hydrogen) atoms. The van der Waals surface area contributed by atoms with Crippen LogP contribution in [0, 0.1) is 5.92 Å². The first-order valence-corrected chi connectivity index (χ1v) is 8.43. The molecule has 0 spiro atoms. The quantitative estimate of drug-likeness (QED) is 0.762. The van der Waals surface area contributed by atoms with Gasteiger partial charge < -0.3 is 4.74 Å². The molecule has 5 nitrogen and oxygen atoms in total. The maximum absolute atomic E-state index is 11.9. The maximum atomic E-state index is 11.9. The largest absolute Gasteiger partial charge is 0.483 e. The van der Waals surface area contributed by atoms with E-state index < -0.39 is 5.91 Å². The summed E-state index contributed by atoms with van der Waals surface area (Å²) in [6, 6.07) is 17.7. The third-order valence-corrected chi connectivity index (χ3v) is 3.95. The summed E-state index contributed by atoms with van der Waals surface area (Å²) in [5.41, 5.74) is 6.95. The molecule has 0 saturated carbocycles. The first kappa shape index (κ1) is 18.5. The van der Waals surface area contributed by atoms with Crippen molar-refractivity contribution in [1.82, 2.24) is 10.9 Å². The minimum atomic E-state index is -0.397. The van der Waals surface area contributed by atoms with Crippen molar-refractivity contribution in [3.8, 4) is 5.75 Å². The molecule has 2 aromatic rings. The topological polar surface area (TPSA) is 67.4 Å². The molecule has 2 amide bonds. The Bertz CT molecular complexity index is 701. The highest BCUT2D eigenvalue weighted by atomic mass is 16.5. The number of hydrazine groups is 1. The number of para-hydroxylation sites is 1. The van der Waals surface area contributed by atoms with Gasteiger partial charge in [0.2, 0.25) is 5.91 Å². The van der Waals surface area contributed by atoms with Crippen LogP contribution in [0.1, 0.15) is 31.4 Å². The lowest BCUT2D eigenvalue weighted by Crippen LogP contribution is -2.45. The lowest BCUT2D eigenvalue weighted by molar-refractivity contribution is -0.131. The van der Waals surface area contributed by atoms with Crippen LogP contribution in [0.5, 0.6) is 5.75 Å². The van der Waals surface area contributed by atoms with Crippen LogP contribution < -0.4 is 15.6 Å². The van der Waals surface area contributed by atoms with Crippen LogP contribution in [-0.4, -0.2) is 18.4 Å². The molecule has 1 unspecified atom stereocenters. The fourth-order valence-corrected chi connectivity index (χ4v) is 2.23. The second-order valence-corrected chi connectivity index (χ2v) is 5.91. The van der Waals surface area contributed by atoms with E-state index in [9.17, 15) is 9.59 Å². The second-order valence-electron chi connectivity index (χ2n) is 5.91. The number of amides is 2. The van der Waals surface area contributed by atoms with Crippen LogP contribution in [0.25, 0.3) is 0 Å². The maximum Gasteiger partial charge on any atom is 0.276 e. The van der Waals surface area contributed by atoms with Crippen LogP contribution in [0.15, 0.2) is 54.6 Å². The zero-order chi connectivity index (χ0) is 18.1. The van der Waals surface area contributed by atoms with Crippen molar-refractivity contribution < 1.29 is 14.3 Å². The van der Waals surface area contributed by atoms with E-state index in [1.807, 2.05) is 61.5 Å². The summed E-state index contributed by atoms with van der Waals surface area (Å²) >= 11 is 0. The number of hydrogen-bond acceptors (Lipinski definition) is 3. The van der Waals surface area contributed by atoms with Crippen LogP contribution in [0.3, 0.4) is 0 Å². The van der Waals surface area contributed by atoms with E-state index in [-0.39, 0.29) is 18.4 Å². The molecule has 0 aliphatic rings.